The van der Waals surface area contributed by atoms with E-state index in [0.29, 0.717) is 0 Å². The Balaban J connectivity index is 2.46. The van der Waals surface area contributed by atoms with Crippen molar-refractivity contribution in [3.8, 4) is 23.2 Å². The number of hydrogen-bond donors (Lipinski definition) is 2. The van der Waals surface area contributed by atoms with Gasteiger partial charge in [-0.05, 0) is 12.1 Å². The van der Waals surface area contributed by atoms with E-state index in [-0.39, 0.29) is 17.3 Å². The van der Waals surface area contributed by atoms with Crippen LogP contribution in [0.1, 0.15) is 5.89 Å². The number of nitriles is 1. The Morgan fingerprint density at radius 3 is 2.90 bits per heavy atom. The van der Waals surface area contributed by atoms with Crippen LogP contribution in [0.4, 0.5) is 5.69 Å². The van der Waals surface area contributed by atoms with Gasteiger partial charge in [0.25, 0.3) is 5.89 Å². The summed E-state index contributed by atoms with van der Waals surface area (Å²) < 4.78 is 4.69. The smallest absolute Gasteiger partial charge is 0.311 e. The summed E-state index contributed by atoms with van der Waals surface area (Å²) in [6, 6.07) is 5.01. The molecule has 0 spiro atoms. The molecule has 0 radical (unpaired) electrons. The minimum Gasteiger partial charge on any atom is -0.502 e. The molecule has 0 fully saturated rings. The highest BCUT2D eigenvalue weighted by molar-refractivity contribution is 6.08. The molecule has 0 bridgehead atoms. The molecule has 0 amide bonds. The zero-order valence-corrected chi connectivity index (χ0v) is 9.59. The Morgan fingerprint density at radius 2 is 2.30 bits per heavy atom. The number of benzene rings is 1. The molecule has 0 aliphatic carbocycles. The van der Waals surface area contributed by atoms with Crippen LogP contribution in [0, 0.1) is 21.4 Å². The van der Waals surface area contributed by atoms with Crippen LogP contribution in [-0.2, 0) is 0 Å². The molecular formula is C10H5N5O5. The molecule has 100 valence electrons. The third-order valence-electron chi connectivity index (χ3n) is 2.26. The number of phenols is 1. The van der Waals surface area contributed by atoms with Gasteiger partial charge in [-0.2, -0.15) is 10.2 Å². The Kier molecular flexibility index (Phi) is 3.26. The fourth-order valence-electron chi connectivity index (χ4n) is 1.36. The maximum Gasteiger partial charge on any atom is 0.311 e. The van der Waals surface area contributed by atoms with Crippen molar-refractivity contribution >= 4 is 11.4 Å². The largest absolute Gasteiger partial charge is 0.502 e. The molecule has 20 heavy (non-hydrogen) atoms. The number of aromatic nitrogens is 2. The minimum atomic E-state index is -0.768. The maximum atomic E-state index is 10.7. The minimum absolute atomic E-state index is 0.0560. The fraction of sp³-hybridized carbons (Fsp3) is 0. The van der Waals surface area contributed by atoms with Crippen LogP contribution < -0.4 is 0 Å². The third-order valence-corrected chi connectivity index (χ3v) is 2.26. The number of oxime groups is 1. The standard InChI is InChI=1S/C10H5N5O5/c11-4-6(13-17)10-12-9(14-20-10)5-1-2-8(16)7(3-5)15(18)19/h1-3,16-17H. The van der Waals surface area contributed by atoms with Crippen molar-refractivity contribution in [1.29, 1.82) is 5.26 Å². The molecule has 10 heteroatoms. The molecule has 2 aromatic rings. The van der Waals surface area contributed by atoms with Crippen LogP contribution in [0.3, 0.4) is 0 Å². The number of nitro groups is 1. The van der Waals surface area contributed by atoms with Crippen LogP contribution in [-0.4, -0.2) is 31.1 Å². The van der Waals surface area contributed by atoms with Gasteiger partial charge in [0.1, 0.15) is 6.07 Å². The van der Waals surface area contributed by atoms with E-state index < -0.39 is 22.1 Å². The normalized spacial score (nSPS) is 11.1. The Labute approximate surface area is 110 Å². The van der Waals surface area contributed by atoms with Gasteiger partial charge in [-0.1, -0.05) is 10.3 Å². The predicted molar refractivity (Wildman–Crippen MR) is 62.0 cm³/mol. The molecular weight excluding hydrogens is 270 g/mol. The lowest BCUT2D eigenvalue weighted by atomic mass is 10.2. The second-order valence-electron chi connectivity index (χ2n) is 3.44. The van der Waals surface area contributed by atoms with E-state index >= 15 is 0 Å². The topological polar surface area (TPSA) is 159 Å². The van der Waals surface area contributed by atoms with Gasteiger partial charge in [0.15, 0.2) is 5.75 Å². The molecule has 1 heterocycles. The number of aromatic hydroxyl groups is 1. The van der Waals surface area contributed by atoms with Gasteiger partial charge in [0.2, 0.25) is 11.5 Å². The van der Waals surface area contributed by atoms with Crippen molar-refractivity contribution < 1.29 is 19.8 Å². The molecule has 1 aromatic heterocycles. The molecule has 1 aromatic carbocycles. The molecule has 0 saturated carbocycles. The molecule has 0 unspecified atom stereocenters. The van der Waals surface area contributed by atoms with Crippen LogP contribution in [0.25, 0.3) is 11.4 Å². The van der Waals surface area contributed by atoms with Crippen molar-refractivity contribution in [3.05, 3.63) is 34.2 Å². The first-order valence-electron chi connectivity index (χ1n) is 5.01. The summed E-state index contributed by atoms with van der Waals surface area (Å²) in [6.07, 6.45) is 0. The van der Waals surface area contributed by atoms with E-state index in [1.54, 1.807) is 0 Å². The van der Waals surface area contributed by atoms with Crippen LogP contribution in [0.2, 0.25) is 0 Å². The number of phenolic OH excluding ortho intramolecular Hbond substituents is 1. The summed E-state index contributed by atoms with van der Waals surface area (Å²) in [6.45, 7) is 0. The van der Waals surface area contributed by atoms with Crippen molar-refractivity contribution in [1.82, 2.24) is 10.1 Å². The van der Waals surface area contributed by atoms with E-state index in [0.717, 1.165) is 12.1 Å². The first kappa shape index (κ1) is 13.0. The van der Waals surface area contributed by atoms with Crippen molar-refractivity contribution in [2.45, 2.75) is 0 Å². The van der Waals surface area contributed by atoms with Gasteiger partial charge in [-0.15, -0.1) is 0 Å². The first-order chi connectivity index (χ1) is 9.56. The van der Waals surface area contributed by atoms with Gasteiger partial charge in [0, 0.05) is 11.6 Å². The highest BCUT2D eigenvalue weighted by Crippen LogP contribution is 2.30. The molecule has 2 N–H and O–H groups in total. The van der Waals surface area contributed by atoms with E-state index in [4.69, 9.17) is 10.5 Å². The van der Waals surface area contributed by atoms with E-state index in [9.17, 15) is 15.2 Å². The van der Waals surface area contributed by atoms with Crippen molar-refractivity contribution in [3.63, 3.8) is 0 Å². The Morgan fingerprint density at radius 1 is 1.55 bits per heavy atom. The third kappa shape index (κ3) is 2.23. The van der Waals surface area contributed by atoms with Gasteiger partial charge in [-0.3, -0.25) is 10.1 Å². The average molecular weight is 275 g/mol. The molecule has 2 rings (SSSR count). The molecule has 0 saturated heterocycles. The molecule has 0 aliphatic heterocycles. The van der Waals surface area contributed by atoms with Gasteiger partial charge in [-0.25, -0.2) is 0 Å². The lowest BCUT2D eigenvalue weighted by molar-refractivity contribution is -0.385. The van der Waals surface area contributed by atoms with Gasteiger partial charge in [0.05, 0.1) is 4.92 Å². The Bertz CT molecular complexity index is 745. The zero-order chi connectivity index (χ0) is 14.7. The van der Waals surface area contributed by atoms with Crippen LogP contribution in [0.5, 0.6) is 5.75 Å². The number of nitro benzene ring substituents is 1. The summed E-state index contributed by atoms with van der Waals surface area (Å²) in [7, 11) is 0. The molecule has 0 aliphatic rings. The second kappa shape index (κ2) is 5.02. The number of rotatable bonds is 3. The summed E-state index contributed by atoms with van der Waals surface area (Å²) in [5, 5.41) is 43.3. The van der Waals surface area contributed by atoms with Gasteiger partial charge < -0.3 is 14.8 Å². The van der Waals surface area contributed by atoms with E-state index in [1.165, 1.54) is 12.1 Å². The van der Waals surface area contributed by atoms with Crippen LogP contribution in [0.15, 0.2) is 27.9 Å². The lowest BCUT2D eigenvalue weighted by Crippen LogP contribution is -1.97. The number of hydrogen-bond acceptors (Lipinski definition) is 9. The lowest BCUT2D eigenvalue weighted by Gasteiger charge is -1.97. The quantitative estimate of drug-likeness (QED) is 0.364. The molecule has 10 nitrogen and oxygen atoms in total. The fourth-order valence-corrected chi connectivity index (χ4v) is 1.36. The second-order valence-corrected chi connectivity index (χ2v) is 3.44. The molecule has 0 atom stereocenters. The first-order valence-corrected chi connectivity index (χ1v) is 5.01. The highest BCUT2D eigenvalue weighted by Gasteiger charge is 2.19. The highest BCUT2D eigenvalue weighted by atomic mass is 16.6. The Hall–Kier alpha value is -3.48. The van der Waals surface area contributed by atoms with Crippen molar-refractivity contribution in [2.24, 2.45) is 5.16 Å². The maximum absolute atomic E-state index is 10.7. The average Bonchev–Trinajstić information content (AvgIpc) is 2.90. The number of nitrogens with zero attached hydrogens (tertiary/aromatic N) is 5. The van der Waals surface area contributed by atoms with E-state index in [2.05, 4.69) is 19.8 Å². The SMILES string of the molecule is N#CC(=NO)c1nc(-c2ccc(O)c([N+](=O)[O-])c2)no1. The summed E-state index contributed by atoms with van der Waals surface area (Å²) in [5.74, 6) is -0.891. The summed E-state index contributed by atoms with van der Waals surface area (Å²) in [5.41, 5.74) is -0.818. The predicted octanol–water partition coefficient (Wildman–Crippen LogP) is 1.05. The van der Waals surface area contributed by atoms with Crippen LogP contribution >= 0.6 is 0 Å². The monoisotopic (exact) mass is 275 g/mol. The zero-order valence-electron chi connectivity index (χ0n) is 9.59. The summed E-state index contributed by atoms with van der Waals surface area (Å²) >= 11 is 0. The van der Waals surface area contributed by atoms with Gasteiger partial charge >= 0.3 is 5.69 Å². The van der Waals surface area contributed by atoms with E-state index in [1.807, 2.05) is 0 Å². The van der Waals surface area contributed by atoms with Crippen molar-refractivity contribution in [2.75, 3.05) is 0 Å². The summed E-state index contributed by atoms with van der Waals surface area (Å²) in [4.78, 5) is 13.7.